The van der Waals surface area contributed by atoms with Crippen LogP contribution in [0.4, 0.5) is 11.8 Å². The maximum atomic E-state index is 5.66. The fraction of sp³-hybridized carbons (Fsp3) is 0.368. The van der Waals surface area contributed by atoms with E-state index in [1.807, 2.05) is 18.5 Å². The van der Waals surface area contributed by atoms with Gasteiger partial charge >= 0.3 is 0 Å². The molecule has 3 aromatic heterocycles. The normalized spacial score (nSPS) is 20.0. The highest BCUT2D eigenvalue weighted by Crippen LogP contribution is 2.41. The Morgan fingerprint density at radius 3 is 2.80 bits per heavy atom. The molecule has 0 spiro atoms. The molecule has 1 atom stereocenters. The molecule has 0 radical (unpaired) electrons. The third-order valence-electron chi connectivity index (χ3n) is 5.62. The van der Waals surface area contributed by atoms with E-state index in [1.165, 1.54) is 5.56 Å². The lowest BCUT2D eigenvalue weighted by Gasteiger charge is -2.37. The van der Waals surface area contributed by atoms with E-state index in [-0.39, 0.29) is 11.4 Å². The number of nitrogen functional groups attached to an aromatic ring is 1. The lowest BCUT2D eigenvalue weighted by atomic mass is 9.70. The van der Waals surface area contributed by atoms with Crippen LogP contribution < -0.4 is 5.73 Å². The zero-order chi connectivity index (χ0) is 17.8. The number of pyridine rings is 1. The fourth-order valence-corrected chi connectivity index (χ4v) is 3.47. The second kappa shape index (κ2) is 5.37. The summed E-state index contributed by atoms with van der Waals surface area (Å²) in [5.74, 6) is 1.61. The number of fused-ring (bicyclic) bond motifs is 2. The summed E-state index contributed by atoms with van der Waals surface area (Å²) in [5.41, 5.74) is 11.1. The third kappa shape index (κ3) is 2.40. The zero-order valence-corrected chi connectivity index (χ0v) is 15.0. The highest BCUT2D eigenvalue weighted by Gasteiger charge is 2.36. The largest absolute Gasteiger partial charge is 0.367 e. The molecule has 4 heterocycles. The molecule has 0 amide bonds. The van der Waals surface area contributed by atoms with Crippen LogP contribution in [0, 0.1) is 11.3 Å². The molecule has 0 aromatic carbocycles. The van der Waals surface area contributed by atoms with Crippen molar-refractivity contribution in [2.45, 2.75) is 34.1 Å². The van der Waals surface area contributed by atoms with E-state index in [9.17, 15) is 0 Å². The van der Waals surface area contributed by atoms with Crippen LogP contribution in [0.3, 0.4) is 0 Å². The van der Waals surface area contributed by atoms with Gasteiger partial charge in [0.25, 0.3) is 0 Å². The smallest absolute Gasteiger partial charge is 0.238 e. The SMILES string of the molecule is CC1=Nc2ncc(-c3ccn4nc(N)ncc34)cc2C[C@@]1(C)C(C)C. The van der Waals surface area contributed by atoms with Gasteiger partial charge in [-0.25, -0.2) is 19.5 Å². The molecule has 0 saturated carbocycles. The van der Waals surface area contributed by atoms with E-state index >= 15 is 0 Å². The predicted octanol–water partition coefficient (Wildman–Crippen LogP) is 3.68. The van der Waals surface area contributed by atoms with Gasteiger partial charge in [-0.05, 0) is 37.0 Å². The quantitative estimate of drug-likeness (QED) is 0.775. The molecule has 0 aliphatic carbocycles. The molecule has 2 N–H and O–H groups in total. The van der Waals surface area contributed by atoms with E-state index in [2.05, 4.69) is 48.8 Å². The predicted molar refractivity (Wildman–Crippen MR) is 100 cm³/mol. The highest BCUT2D eigenvalue weighted by molar-refractivity contribution is 5.92. The lowest BCUT2D eigenvalue weighted by Crippen LogP contribution is -2.36. The zero-order valence-electron chi connectivity index (χ0n) is 15.0. The molecule has 128 valence electrons. The molecule has 25 heavy (non-hydrogen) atoms. The number of anilines is 1. The summed E-state index contributed by atoms with van der Waals surface area (Å²) < 4.78 is 1.75. The molecular formula is C19H22N6. The van der Waals surface area contributed by atoms with Crippen LogP contribution in [-0.2, 0) is 6.42 Å². The van der Waals surface area contributed by atoms with Crippen LogP contribution >= 0.6 is 0 Å². The Labute approximate surface area is 146 Å². The maximum absolute atomic E-state index is 5.66. The molecule has 0 bridgehead atoms. The fourth-order valence-electron chi connectivity index (χ4n) is 3.47. The Bertz CT molecular complexity index is 1000. The van der Waals surface area contributed by atoms with Crippen LogP contribution in [-0.4, -0.2) is 25.3 Å². The van der Waals surface area contributed by atoms with Crippen LogP contribution in [0.2, 0.25) is 0 Å². The first-order valence-corrected chi connectivity index (χ1v) is 8.53. The van der Waals surface area contributed by atoms with E-state index in [0.29, 0.717) is 5.92 Å². The summed E-state index contributed by atoms with van der Waals surface area (Å²) in [5, 5.41) is 4.21. The average molecular weight is 334 g/mol. The number of rotatable bonds is 2. The van der Waals surface area contributed by atoms with Gasteiger partial charge in [0.1, 0.15) is 0 Å². The van der Waals surface area contributed by atoms with Crippen LogP contribution in [0.25, 0.3) is 16.6 Å². The number of nitrogens with two attached hydrogens (primary N) is 1. The van der Waals surface area contributed by atoms with Crippen LogP contribution in [0.1, 0.15) is 33.3 Å². The minimum Gasteiger partial charge on any atom is -0.367 e. The van der Waals surface area contributed by atoms with E-state index in [4.69, 9.17) is 10.7 Å². The number of hydrogen-bond donors (Lipinski definition) is 1. The molecule has 1 aliphatic rings. The molecule has 0 fully saturated rings. The van der Waals surface area contributed by atoms with Crippen LogP contribution in [0.5, 0.6) is 0 Å². The number of nitrogens with zero attached hydrogens (tertiary/aromatic N) is 5. The Balaban J connectivity index is 1.82. The lowest BCUT2D eigenvalue weighted by molar-refractivity contribution is 0.321. The van der Waals surface area contributed by atoms with Crippen molar-refractivity contribution in [2.75, 3.05) is 5.73 Å². The van der Waals surface area contributed by atoms with Crippen molar-refractivity contribution in [1.82, 2.24) is 19.6 Å². The Morgan fingerprint density at radius 2 is 2.04 bits per heavy atom. The summed E-state index contributed by atoms with van der Waals surface area (Å²) >= 11 is 0. The van der Waals surface area contributed by atoms with Gasteiger partial charge in [-0.15, -0.1) is 5.10 Å². The van der Waals surface area contributed by atoms with Gasteiger partial charge in [0.05, 0.1) is 11.7 Å². The molecule has 1 aliphatic heterocycles. The van der Waals surface area contributed by atoms with E-state index in [0.717, 1.165) is 34.6 Å². The minimum atomic E-state index is 0.0632. The summed E-state index contributed by atoms with van der Waals surface area (Å²) in [6.45, 7) is 8.91. The summed E-state index contributed by atoms with van der Waals surface area (Å²) in [7, 11) is 0. The van der Waals surface area contributed by atoms with Crippen molar-refractivity contribution in [3.05, 3.63) is 36.3 Å². The number of hydrogen-bond acceptors (Lipinski definition) is 5. The van der Waals surface area contributed by atoms with Crippen molar-refractivity contribution in [3.8, 4) is 11.1 Å². The van der Waals surface area contributed by atoms with Gasteiger partial charge in [0.2, 0.25) is 5.95 Å². The maximum Gasteiger partial charge on any atom is 0.238 e. The molecule has 0 unspecified atom stereocenters. The molecular weight excluding hydrogens is 312 g/mol. The van der Waals surface area contributed by atoms with Crippen molar-refractivity contribution in [1.29, 1.82) is 0 Å². The summed E-state index contributed by atoms with van der Waals surface area (Å²) in [4.78, 5) is 13.5. The second-order valence-electron chi connectivity index (χ2n) is 7.33. The number of aromatic nitrogens is 4. The molecule has 3 aromatic rings. The number of aliphatic imine (C=N–C) groups is 1. The van der Waals surface area contributed by atoms with Crippen molar-refractivity contribution in [2.24, 2.45) is 16.3 Å². The second-order valence-corrected chi connectivity index (χ2v) is 7.33. The van der Waals surface area contributed by atoms with Crippen LogP contribution in [0.15, 0.2) is 35.7 Å². The average Bonchev–Trinajstić information content (AvgIpc) is 2.98. The summed E-state index contributed by atoms with van der Waals surface area (Å²) in [6.07, 6.45) is 6.46. The van der Waals surface area contributed by atoms with Gasteiger partial charge in [-0.2, -0.15) is 0 Å². The Hall–Kier alpha value is -2.76. The standard InChI is InChI=1S/C19H22N6/c1-11(2)19(4)8-13-7-14(9-21-17(13)23-12(19)3)15-5-6-25-16(15)10-22-18(20)24-25/h5-7,9-11H,8H2,1-4H3,(H2,20,24)/t19-/m0/s1. The van der Waals surface area contributed by atoms with E-state index in [1.54, 1.807) is 10.7 Å². The summed E-state index contributed by atoms with van der Waals surface area (Å²) in [6, 6.07) is 4.22. The first kappa shape index (κ1) is 15.7. The molecule has 6 heteroatoms. The first-order valence-electron chi connectivity index (χ1n) is 8.53. The van der Waals surface area contributed by atoms with E-state index < -0.39 is 0 Å². The molecule has 6 nitrogen and oxygen atoms in total. The molecule has 0 saturated heterocycles. The highest BCUT2D eigenvalue weighted by atomic mass is 15.3. The van der Waals surface area contributed by atoms with Gasteiger partial charge in [0.15, 0.2) is 5.82 Å². The van der Waals surface area contributed by atoms with Crippen molar-refractivity contribution in [3.63, 3.8) is 0 Å². The van der Waals surface area contributed by atoms with Gasteiger partial charge in [-0.1, -0.05) is 20.8 Å². The first-order chi connectivity index (χ1) is 11.9. The Kier molecular flexibility index (Phi) is 3.39. The van der Waals surface area contributed by atoms with Crippen molar-refractivity contribution < 1.29 is 0 Å². The monoisotopic (exact) mass is 334 g/mol. The Morgan fingerprint density at radius 1 is 1.24 bits per heavy atom. The van der Waals surface area contributed by atoms with Gasteiger partial charge in [0, 0.05) is 34.6 Å². The minimum absolute atomic E-state index is 0.0632. The van der Waals surface area contributed by atoms with Crippen molar-refractivity contribution >= 4 is 23.0 Å². The molecule has 4 rings (SSSR count). The van der Waals surface area contributed by atoms with Gasteiger partial charge in [-0.3, -0.25) is 0 Å². The van der Waals surface area contributed by atoms with Gasteiger partial charge < -0.3 is 5.73 Å². The third-order valence-corrected chi connectivity index (χ3v) is 5.62. The topological polar surface area (TPSA) is 81.5 Å².